The molecule has 0 radical (unpaired) electrons. The van der Waals surface area contributed by atoms with Crippen molar-refractivity contribution in [2.75, 3.05) is 0 Å². The van der Waals surface area contributed by atoms with Crippen LogP contribution in [0, 0.1) is 0 Å². The molecule has 2 amide bonds. The van der Waals surface area contributed by atoms with Crippen LogP contribution in [0.15, 0.2) is 36.7 Å². The van der Waals surface area contributed by atoms with E-state index in [2.05, 4.69) is 26.2 Å². The average Bonchev–Trinajstić information content (AvgIpc) is 3.21. The molecule has 8 nitrogen and oxygen atoms in total. The summed E-state index contributed by atoms with van der Waals surface area (Å²) in [6.07, 6.45) is 3.81. The van der Waals surface area contributed by atoms with Gasteiger partial charge < -0.3 is 10.6 Å². The van der Waals surface area contributed by atoms with Crippen LogP contribution >= 0.6 is 0 Å². The minimum atomic E-state index is -0.609. The summed E-state index contributed by atoms with van der Waals surface area (Å²) in [5.74, 6) is -0.453. The van der Waals surface area contributed by atoms with Crippen LogP contribution in [0.5, 0.6) is 0 Å². The Morgan fingerprint density at radius 2 is 2.04 bits per heavy atom. The van der Waals surface area contributed by atoms with Crippen LogP contribution in [-0.2, 0) is 22.6 Å². The Kier molecular flexibility index (Phi) is 4.60. The Morgan fingerprint density at radius 1 is 1.26 bits per heavy atom. The number of tetrazole rings is 1. The normalized spacial score (nSPS) is 15.0. The Bertz CT molecular complexity index is 654. The van der Waals surface area contributed by atoms with Crippen molar-refractivity contribution in [3.05, 3.63) is 42.2 Å². The summed E-state index contributed by atoms with van der Waals surface area (Å²) in [6, 6.07) is 9.25. The van der Waals surface area contributed by atoms with Gasteiger partial charge in [0, 0.05) is 12.5 Å². The van der Waals surface area contributed by atoms with Crippen molar-refractivity contribution in [1.29, 1.82) is 0 Å². The molecule has 1 fully saturated rings. The first-order valence-corrected chi connectivity index (χ1v) is 7.55. The number of nitrogens with zero attached hydrogens (tertiary/aromatic N) is 4. The quantitative estimate of drug-likeness (QED) is 0.729. The van der Waals surface area contributed by atoms with E-state index in [1.165, 1.54) is 11.0 Å². The summed E-state index contributed by atoms with van der Waals surface area (Å²) >= 11 is 0. The lowest BCUT2D eigenvalue weighted by atomic mass is 10.1. The van der Waals surface area contributed by atoms with Gasteiger partial charge in [-0.15, -0.1) is 5.10 Å². The van der Waals surface area contributed by atoms with E-state index in [1.54, 1.807) is 0 Å². The maximum absolute atomic E-state index is 12.4. The van der Waals surface area contributed by atoms with Gasteiger partial charge in [0.15, 0.2) is 0 Å². The highest BCUT2D eigenvalue weighted by Gasteiger charge is 2.28. The van der Waals surface area contributed by atoms with E-state index >= 15 is 0 Å². The van der Waals surface area contributed by atoms with Gasteiger partial charge in [0.05, 0.1) is 0 Å². The number of hydrogen-bond donors (Lipinski definition) is 2. The number of aromatic nitrogens is 4. The maximum Gasteiger partial charge on any atom is 0.243 e. The standard InChI is InChI=1S/C15H18N6O2/c22-14(9-21-10-16-19-20-21)18-13(15(23)17-12-6-7-12)8-11-4-2-1-3-5-11/h1-5,10,12-13H,6-9H2,(H,17,23)(H,18,22)/t13-/m0/s1. The molecule has 8 heteroatoms. The van der Waals surface area contributed by atoms with Crippen molar-refractivity contribution in [3.8, 4) is 0 Å². The minimum Gasteiger partial charge on any atom is -0.352 e. The van der Waals surface area contributed by atoms with Gasteiger partial charge in [0.1, 0.15) is 18.9 Å². The van der Waals surface area contributed by atoms with Crippen LogP contribution in [0.4, 0.5) is 0 Å². The smallest absolute Gasteiger partial charge is 0.243 e. The molecule has 1 aliphatic carbocycles. The van der Waals surface area contributed by atoms with Crippen LogP contribution in [0.2, 0.25) is 0 Å². The summed E-state index contributed by atoms with van der Waals surface area (Å²) in [7, 11) is 0. The maximum atomic E-state index is 12.4. The zero-order valence-corrected chi connectivity index (χ0v) is 12.6. The summed E-state index contributed by atoms with van der Waals surface area (Å²) < 4.78 is 1.31. The first-order valence-electron chi connectivity index (χ1n) is 7.55. The summed E-state index contributed by atoms with van der Waals surface area (Å²) in [5.41, 5.74) is 0.992. The lowest BCUT2D eigenvalue weighted by Gasteiger charge is -2.18. The molecule has 0 spiro atoms. The van der Waals surface area contributed by atoms with Crippen molar-refractivity contribution >= 4 is 11.8 Å². The molecule has 1 aliphatic rings. The summed E-state index contributed by atoms with van der Waals surface area (Å²) in [6.45, 7) is -0.0189. The predicted octanol–water partition coefficient (Wildman–Crippen LogP) is -0.321. The van der Waals surface area contributed by atoms with Crippen LogP contribution in [0.25, 0.3) is 0 Å². The third kappa shape index (κ3) is 4.60. The van der Waals surface area contributed by atoms with Crippen LogP contribution in [0.3, 0.4) is 0 Å². The first-order chi connectivity index (χ1) is 11.2. The SMILES string of the molecule is O=C(Cn1cnnn1)N[C@@H](Cc1ccccc1)C(=O)NC1CC1. The molecular formula is C15H18N6O2. The molecule has 2 aromatic rings. The average molecular weight is 314 g/mol. The van der Waals surface area contributed by atoms with E-state index in [1.807, 2.05) is 30.3 Å². The van der Waals surface area contributed by atoms with E-state index in [4.69, 9.17) is 0 Å². The zero-order chi connectivity index (χ0) is 16.1. The molecule has 0 bridgehead atoms. The molecule has 120 valence electrons. The molecule has 0 aliphatic heterocycles. The van der Waals surface area contributed by atoms with E-state index in [9.17, 15) is 9.59 Å². The zero-order valence-electron chi connectivity index (χ0n) is 12.6. The molecule has 0 unspecified atom stereocenters. The number of nitrogens with one attached hydrogen (secondary N) is 2. The second-order valence-electron chi connectivity index (χ2n) is 5.60. The van der Waals surface area contributed by atoms with Crippen molar-refractivity contribution in [2.24, 2.45) is 0 Å². The highest BCUT2D eigenvalue weighted by molar-refractivity contribution is 5.88. The molecule has 1 aromatic heterocycles. The topological polar surface area (TPSA) is 102 Å². The molecule has 1 saturated carbocycles. The second-order valence-corrected chi connectivity index (χ2v) is 5.60. The second kappa shape index (κ2) is 6.99. The van der Waals surface area contributed by atoms with Crippen LogP contribution < -0.4 is 10.6 Å². The molecule has 1 aromatic carbocycles. The van der Waals surface area contributed by atoms with Crippen molar-refractivity contribution < 1.29 is 9.59 Å². The Hall–Kier alpha value is -2.77. The van der Waals surface area contributed by atoms with E-state index in [0.717, 1.165) is 18.4 Å². The van der Waals surface area contributed by atoms with Gasteiger partial charge in [0.2, 0.25) is 11.8 Å². The number of carbonyl (C=O) groups excluding carboxylic acids is 2. The van der Waals surface area contributed by atoms with Gasteiger partial charge >= 0.3 is 0 Å². The lowest BCUT2D eigenvalue weighted by Crippen LogP contribution is -2.49. The van der Waals surface area contributed by atoms with Crippen molar-refractivity contribution in [1.82, 2.24) is 30.8 Å². The molecule has 23 heavy (non-hydrogen) atoms. The van der Waals surface area contributed by atoms with Gasteiger partial charge in [-0.1, -0.05) is 30.3 Å². The van der Waals surface area contributed by atoms with Crippen LogP contribution in [0.1, 0.15) is 18.4 Å². The third-order valence-electron chi connectivity index (χ3n) is 3.56. The van der Waals surface area contributed by atoms with Gasteiger partial charge in [-0.2, -0.15) is 0 Å². The van der Waals surface area contributed by atoms with Crippen molar-refractivity contribution in [3.63, 3.8) is 0 Å². The van der Waals surface area contributed by atoms with Gasteiger partial charge in [0.25, 0.3) is 0 Å². The number of benzene rings is 1. The Morgan fingerprint density at radius 3 is 2.70 bits per heavy atom. The largest absolute Gasteiger partial charge is 0.352 e. The fourth-order valence-electron chi connectivity index (χ4n) is 2.23. The molecule has 0 saturated heterocycles. The molecule has 1 atom stereocenters. The fourth-order valence-corrected chi connectivity index (χ4v) is 2.23. The Labute approximate surface area is 133 Å². The third-order valence-corrected chi connectivity index (χ3v) is 3.56. The molecular weight excluding hydrogens is 296 g/mol. The van der Waals surface area contributed by atoms with Gasteiger partial charge in [-0.05, 0) is 28.8 Å². The van der Waals surface area contributed by atoms with E-state index in [0.29, 0.717) is 6.42 Å². The number of amides is 2. The molecule has 2 N–H and O–H groups in total. The molecule has 3 rings (SSSR count). The monoisotopic (exact) mass is 314 g/mol. The minimum absolute atomic E-state index is 0.0189. The van der Waals surface area contributed by atoms with E-state index in [-0.39, 0.29) is 24.4 Å². The summed E-state index contributed by atoms with van der Waals surface area (Å²) in [4.78, 5) is 24.5. The highest BCUT2D eigenvalue weighted by Crippen LogP contribution is 2.19. The number of carbonyl (C=O) groups is 2. The van der Waals surface area contributed by atoms with Crippen molar-refractivity contribution in [2.45, 2.75) is 37.9 Å². The summed E-state index contributed by atoms with van der Waals surface area (Å²) in [5, 5.41) is 16.3. The van der Waals surface area contributed by atoms with Gasteiger partial charge in [-0.25, -0.2) is 4.68 Å². The Balaban J connectivity index is 1.63. The first kappa shape index (κ1) is 15.1. The van der Waals surface area contributed by atoms with Gasteiger partial charge in [-0.3, -0.25) is 9.59 Å². The van der Waals surface area contributed by atoms with E-state index < -0.39 is 6.04 Å². The number of rotatable bonds is 7. The fraction of sp³-hybridized carbons (Fsp3) is 0.400. The number of hydrogen-bond acceptors (Lipinski definition) is 5. The molecule has 1 heterocycles. The van der Waals surface area contributed by atoms with Crippen LogP contribution in [-0.4, -0.2) is 44.1 Å². The predicted molar refractivity (Wildman–Crippen MR) is 81.1 cm³/mol. The highest BCUT2D eigenvalue weighted by atomic mass is 16.2. The lowest BCUT2D eigenvalue weighted by molar-refractivity contribution is -0.129.